The molecule has 0 bridgehead atoms. The number of nitrogens with zero attached hydrogens (tertiary/aromatic N) is 3. The Kier molecular flexibility index (Phi) is 3.55. The van der Waals surface area contributed by atoms with Crippen molar-refractivity contribution in [3.05, 3.63) is 36.2 Å². The lowest BCUT2D eigenvalue weighted by molar-refractivity contribution is -0.129. The van der Waals surface area contributed by atoms with Crippen LogP contribution in [0.1, 0.15) is 5.56 Å². The lowest BCUT2D eigenvalue weighted by Crippen LogP contribution is -2.26. The lowest BCUT2D eigenvalue weighted by Gasteiger charge is -2.09. The van der Waals surface area contributed by atoms with Crippen LogP contribution in [0.2, 0.25) is 0 Å². The maximum atomic E-state index is 11.6. The standard InChI is InChI=1S/C14H17N3O2/c1-10-4-5-12(18)6-13(10)11-7-15-17(8-11)9-14(19)16(2)3/h4-8,18H,9H2,1-3H3. The van der Waals surface area contributed by atoms with Crippen LogP contribution in [0.15, 0.2) is 30.6 Å². The summed E-state index contributed by atoms with van der Waals surface area (Å²) in [5, 5.41) is 13.7. The largest absolute Gasteiger partial charge is 0.508 e. The first kappa shape index (κ1) is 13.1. The van der Waals surface area contributed by atoms with Gasteiger partial charge in [0.2, 0.25) is 5.91 Å². The average Bonchev–Trinajstić information content (AvgIpc) is 2.80. The van der Waals surface area contributed by atoms with Gasteiger partial charge in [-0.15, -0.1) is 0 Å². The quantitative estimate of drug-likeness (QED) is 0.911. The third-order valence-electron chi connectivity index (χ3n) is 2.96. The zero-order valence-electron chi connectivity index (χ0n) is 11.3. The van der Waals surface area contributed by atoms with E-state index in [1.165, 1.54) is 4.90 Å². The lowest BCUT2D eigenvalue weighted by atomic mass is 10.0. The minimum Gasteiger partial charge on any atom is -0.508 e. The molecule has 1 heterocycles. The topological polar surface area (TPSA) is 58.4 Å². The van der Waals surface area contributed by atoms with Crippen molar-refractivity contribution in [2.24, 2.45) is 0 Å². The van der Waals surface area contributed by atoms with Gasteiger partial charge >= 0.3 is 0 Å². The number of phenolic OH excluding ortho intramolecular Hbond substituents is 1. The molecule has 100 valence electrons. The minimum absolute atomic E-state index is 0.0118. The van der Waals surface area contributed by atoms with Crippen LogP contribution in [0.5, 0.6) is 5.75 Å². The van der Waals surface area contributed by atoms with Gasteiger partial charge in [0.1, 0.15) is 12.3 Å². The molecule has 2 aromatic rings. The maximum absolute atomic E-state index is 11.6. The number of aryl methyl sites for hydroxylation is 1. The molecule has 0 aliphatic heterocycles. The van der Waals surface area contributed by atoms with Crippen molar-refractivity contribution >= 4 is 5.91 Å². The van der Waals surface area contributed by atoms with E-state index in [0.717, 1.165) is 16.7 Å². The predicted octanol–water partition coefficient (Wildman–Crippen LogP) is 1.65. The Morgan fingerprint density at radius 1 is 1.42 bits per heavy atom. The number of carbonyl (C=O) groups is 1. The minimum atomic E-state index is -0.0118. The Morgan fingerprint density at radius 2 is 2.16 bits per heavy atom. The molecule has 0 atom stereocenters. The Hall–Kier alpha value is -2.30. The summed E-state index contributed by atoms with van der Waals surface area (Å²) >= 11 is 0. The summed E-state index contributed by atoms with van der Waals surface area (Å²) in [5.41, 5.74) is 2.86. The number of phenols is 1. The first-order chi connectivity index (χ1) is 8.97. The molecule has 0 saturated carbocycles. The number of aromatic nitrogens is 2. The Bertz CT molecular complexity index is 602. The molecular formula is C14H17N3O2. The van der Waals surface area contributed by atoms with Gasteiger partial charge in [-0.25, -0.2) is 0 Å². The van der Waals surface area contributed by atoms with Crippen molar-refractivity contribution in [1.29, 1.82) is 0 Å². The van der Waals surface area contributed by atoms with E-state index in [2.05, 4.69) is 5.10 Å². The van der Waals surface area contributed by atoms with Gasteiger partial charge in [-0.05, 0) is 30.2 Å². The molecule has 0 unspecified atom stereocenters. The van der Waals surface area contributed by atoms with E-state index in [1.54, 1.807) is 37.1 Å². The van der Waals surface area contributed by atoms with Crippen LogP contribution in [-0.4, -0.2) is 39.8 Å². The van der Waals surface area contributed by atoms with E-state index in [0.29, 0.717) is 0 Å². The molecule has 0 radical (unpaired) electrons. The molecule has 1 amide bonds. The van der Waals surface area contributed by atoms with Gasteiger partial charge in [0, 0.05) is 25.9 Å². The summed E-state index contributed by atoms with van der Waals surface area (Å²) in [6.45, 7) is 2.18. The highest BCUT2D eigenvalue weighted by Crippen LogP contribution is 2.26. The maximum Gasteiger partial charge on any atom is 0.243 e. The Labute approximate surface area is 112 Å². The van der Waals surface area contributed by atoms with Gasteiger partial charge in [-0.3, -0.25) is 9.48 Å². The number of hydrogen-bond acceptors (Lipinski definition) is 3. The highest BCUT2D eigenvalue weighted by atomic mass is 16.3. The zero-order chi connectivity index (χ0) is 14.0. The van der Waals surface area contributed by atoms with Crippen LogP contribution >= 0.6 is 0 Å². The van der Waals surface area contributed by atoms with Crippen molar-refractivity contribution in [3.8, 4) is 16.9 Å². The molecule has 1 aromatic carbocycles. The number of carbonyl (C=O) groups excluding carboxylic acids is 1. The normalized spacial score (nSPS) is 10.5. The predicted molar refractivity (Wildman–Crippen MR) is 72.8 cm³/mol. The third kappa shape index (κ3) is 2.93. The van der Waals surface area contributed by atoms with E-state index in [-0.39, 0.29) is 18.2 Å². The van der Waals surface area contributed by atoms with Gasteiger partial charge in [0.05, 0.1) is 6.20 Å². The molecular weight excluding hydrogens is 242 g/mol. The molecule has 1 N–H and O–H groups in total. The molecule has 0 aliphatic carbocycles. The second-order valence-corrected chi connectivity index (χ2v) is 4.71. The fourth-order valence-electron chi connectivity index (χ4n) is 1.79. The summed E-state index contributed by atoms with van der Waals surface area (Å²) < 4.78 is 1.60. The van der Waals surface area contributed by atoms with Gasteiger partial charge in [-0.1, -0.05) is 6.07 Å². The number of rotatable bonds is 3. The third-order valence-corrected chi connectivity index (χ3v) is 2.96. The summed E-state index contributed by atoms with van der Waals surface area (Å²) in [6.07, 6.45) is 3.51. The van der Waals surface area contributed by atoms with E-state index in [1.807, 2.05) is 19.2 Å². The SMILES string of the molecule is Cc1ccc(O)cc1-c1cnn(CC(=O)N(C)C)c1. The van der Waals surface area contributed by atoms with Crippen LogP contribution in [0.3, 0.4) is 0 Å². The molecule has 2 rings (SSSR count). The first-order valence-electron chi connectivity index (χ1n) is 6.00. The number of likely N-dealkylation sites (N-methyl/N-ethyl adjacent to an activating group) is 1. The molecule has 5 nitrogen and oxygen atoms in total. The van der Waals surface area contributed by atoms with Crippen molar-refractivity contribution in [3.63, 3.8) is 0 Å². The van der Waals surface area contributed by atoms with Gasteiger partial charge in [0.15, 0.2) is 0 Å². The van der Waals surface area contributed by atoms with Crippen molar-refractivity contribution in [1.82, 2.24) is 14.7 Å². The van der Waals surface area contributed by atoms with E-state index >= 15 is 0 Å². The van der Waals surface area contributed by atoms with Crippen LogP contribution in [0, 0.1) is 6.92 Å². The monoisotopic (exact) mass is 259 g/mol. The smallest absolute Gasteiger partial charge is 0.243 e. The highest BCUT2D eigenvalue weighted by molar-refractivity contribution is 5.75. The van der Waals surface area contributed by atoms with Gasteiger partial charge in [0.25, 0.3) is 0 Å². The first-order valence-corrected chi connectivity index (χ1v) is 6.00. The molecule has 0 spiro atoms. The summed E-state index contributed by atoms with van der Waals surface area (Å²) in [4.78, 5) is 13.1. The zero-order valence-corrected chi connectivity index (χ0v) is 11.3. The van der Waals surface area contributed by atoms with E-state index in [9.17, 15) is 9.90 Å². The highest BCUT2D eigenvalue weighted by Gasteiger charge is 2.09. The Morgan fingerprint density at radius 3 is 2.84 bits per heavy atom. The van der Waals surface area contributed by atoms with Gasteiger partial charge in [-0.2, -0.15) is 5.10 Å². The second kappa shape index (κ2) is 5.14. The molecule has 0 saturated heterocycles. The number of aromatic hydroxyl groups is 1. The molecule has 1 aromatic heterocycles. The fourth-order valence-corrected chi connectivity index (χ4v) is 1.79. The van der Waals surface area contributed by atoms with Crippen molar-refractivity contribution < 1.29 is 9.90 Å². The van der Waals surface area contributed by atoms with E-state index in [4.69, 9.17) is 0 Å². The number of benzene rings is 1. The summed E-state index contributed by atoms with van der Waals surface area (Å²) in [5.74, 6) is 0.208. The summed E-state index contributed by atoms with van der Waals surface area (Å²) in [7, 11) is 3.43. The van der Waals surface area contributed by atoms with Crippen LogP contribution in [0.4, 0.5) is 0 Å². The summed E-state index contributed by atoms with van der Waals surface area (Å²) in [6, 6.07) is 5.20. The average molecular weight is 259 g/mol. The van der Waals surface area contributed by atoms with E-state index < -0.39 is 0 Å². The molecule has 0 aliphatic rings. The fraction of sp³-hybridized carbons (Fsp3) is 0.286. The van der Waals surface area contributed by atoms with Crippen LogP contribution in [0.25, 0.3) is 11.1 Å². The Balaban J connectivity index is 2.26. The molecule has 5 heteroatoms. The number of hydrogen-bond donors (Lipinski definition) is 1. The molecule has 0 fully saturated rings. The second-order valence-electron chi connectivity index (χ2n) is 4.71. The number of amides is 1. The van der Waals surface area contributed by atoms with Crippen LogP contribution < -0.4 is 0 Å². The van der Waals surface area contributed by atoms with Gasteiger partial charge < -0.3 is 10.0 Å². The van der Waals surface area contributed by atoms with Crippen molar-refractivity contribution in [2.75, 3.05) is 14.1 Å². The van der Waals surface area contributed by atoms with Crippen molar-refractivity contribution in [2.45, 2.75) is 13.5 Å². The van der Waals surface area contributed by atoms with Crippen LogP contribution in [-0.2, 0) is 11.3 Å². The molecule has 19 heavy (non-hydrogen) atoms.